The van der Waals surface area contributed by atoms with Crippen LogP contribution in [0.2, 0.25) is 0 Å². The van der Waals surface area contributed by atoms with Crippen LogP contribution >= 0.6 is 11.8 Å². The first-order valence-electron chi connectivity index (χ1n) is 5.71. The number of hydrogen-bond acceptors (Lipinski definition) is 4. The standard InChI is InChI=1S/C11H17NO2S/c1-6(13)14-11-8-5-10-7(12(8)2)3-4-9(11)15-10/h7-11H,3-5H2,1-2H3. The number of esters is 1. The van der Waals surface area contributed by atoms with Crippen molar-refractivity contribution in [2.24, 2.45) is 0 Å². The van der Waals surface area contributed by atoms with Gasteiger partial charge in [0.25, 0.3) is 0 Å². The smallest absolute Gasteiger partial charge is 0.302 e. The van der Waals surface area contributed by atoms with Gasteiger partial charge in [0.1, 0.15) is 6.10 Å². The Bertz CT molecular complexity index is 294. The van der Waals surface area contributed by atoms with Crippen LogP contribution in [-0.2, 0) is 9.53 Å². The van der Waals surface area contributed by atoms with Gasteiger partial charge in [0.15, 0.2) is 0 Å². The van der Waals surface area contributed by atoms with Crippen LogP contribution in [0.15, 0.2) is 0 Å². The second kappa shape index (κ2) is 3.39. The van der Waals surface area contributed by atoms with E-state index in [0.717, 1.165) is 11.3 Å². The van der Waals surface area contributed by atoms with Crippen LogP contribution < -0.4 is 0 Å². The molecule has 3 aliphatic heterocycles. The zero-order chi connectivity index (χ0) is 10.6. The second-order valence-corrected chi connectivity index (χ2v) is 6.38. The highest BCUT2D eigenvalue weighted by Crippen LogP contribution is 2.51. The van der Waals surface area contributed by atoms with Crippen molar-refractivity contribution >= 4 is 17.7 Å². The number of carbonyl (C=O) groups is 1. The number of likely N-dealkylation sites (tertiary alicyclic amines) is 1. The van der Waals surface area contributed by atoms with Gasteiger partial charge in [0.2, 0.25) is 0 Å². The molecule has 3 rings (SSSR count). The van der Waals surface area contributed by atoms with Crippen molar-refractivity contribution in [1.82, 2.24) is 4.90 Å². The number of ether oxygens (including phenoxy) is 1. The number of hydrogen-bond donors (Lipinski definition) is 0. The van der Waals surface area contributed by atoms with Gasteiger partial charge in [0, 0.05) is 29.5 Å². The van der Waals surface area contributed by atoms with Gasteiger partial charge in [-0.3, -0.25) is 9.69 Å². The number of likely N-dealkylation sites (N-methyl/N-ethyl adjacent to an activating group) is 1. The molecule has 3 bridgehead atoms. The average Bonchev–Trinajstić information content (AvgIpc) is 2.42. The van der Waals surface area contributed by atoms with E-state index in [1.54, 1.807) is 0 Å². The maximum absolute atomic E-state index is 11.1. The van der Waals surface area contributed by atoms with E-state index in [1.807, 2.05) is 0 Å². The predicted molar refractivity (Wildman–Crippen MR) is 59.9 cm³/mol. The molecular weight excluding hydrogens is 210 g/mol. The molecule has 0 amide bonds. The fourth-order valence-electron chi connectivity index (χ4n) is 3.43. The van der Waals surface area contributed by atoms with Crippen LogP contribution in [0, 0.1) is 0 Å². The normalized spacial score (nSPS) is 48.3. The largest absolute Gasteiger partial charge is 0.460 e. The lowest BCUT2D eigenvalue weighted by Gasteiger charge is -2.37. The summed E-state index contributed by atoms with van der Waals surface area (Å²) in [7, 11) is 2.19. The van der Waals surface area contributed by atoms with E-state index in [9.17, 15) is 4.79 Å². The van der Waals surface area contributed by atoms with Gasteiger partial charge >= 0.3 is 5.97 Å². The lowest BCUT2D eigenvalue weighted by molar-refractivity contribution is -0.149. The van der Waals surface area contributed by atoms with Crippen molar-refractivity contribution in [3.63, 3.8) is 0 Å². The molecule has 0 aromatic heterocycles. The van der Waals surface area contributed by atoms with Gasteiger partial charge in [-0.05, 0) is 26.3 Å². The minimum Gasteiger partial charge on any atom is -0.460 e. The Hall–Kier alpha value is -0.220. The quantitative estimate of drug-likeness (QED) is 0.631. The van der Waals surface area contributed by atoms with Crippen LogP contribution in [0.25, 0.3) is 0 Å². The minimum atomic E-state index is -0.122. The summed E-state index contributed by atoms with van der Waals surface area (Å²) in [6.45, 7) is 1.53. The Morgan fingerprint density at radius 2 is 2.13 bits per heavy atom. The minimum absolute atomic E-state index is 0.122. The van der Waals surface area contributed by atoms with E-state index in [-0.39, 0.29) is 12.1 Å². The number of thioether (sulfide) groups is 1. The molecule has 5 unspecified atom stereocenters. The maximum atomic E-state index is 11.1. The molecule has 15 heavy (non-hydrogen) atoms. The average molecular weight is 227 g/mol. The zero-order valence-electron chi connectivity index (χ0n) is 9.18. The molecule has 0 aromatic carbocycles. The highest BCUT2D eigenvalue weighted by Gasteiger charge is 2.54. The Balaban J connectivity index is 1.86. The fraction of sp³-hybridized carbons (Fsp3) is 0.909. The third-order valence-electron chi connectivity index (χ3n) is 4.09. The molecule has 0 aromatic rings. The van der Waals surface area contributed by atoms with Crippen LogP contribution in [-0.4, -0.2) is 46.6 Å². The van der Waals surface area contributed by atoms with Crippen LogP contribution in [0.4, 0.5) is 0 Å². The van der Waals surface area contributed by atoms with Gasteiger partial charge in [-0.25, -0.2) is 0 Å². The van der Waals surface area contributed by atoms with E-state index in [2.05, 4.69) is 23.7 Å². The van der Waals surface area contributed by atoms with Crippen LogP contribution in [0.5, 0.6) is 0 Å². The van der Waals surface area contributed by atoms with Gasteiger partial charge in [-0.2, -0.15) is 0 Å². The molecule has 0 aliphatic carbocycles. The summed E-state index contributed by atoms with van der Waals surface area (Å²) in [5, 5.41) is 1.35. The van der Waals surface area contributed by atoms with E-state index in [1.165, 1.54) is 26.2 Å². The first kappa shape index (κ1) is 9.97. The third-order valence-corrected chi connectivity index (χ3v) is 5.80. The SMILES string of the molecule is CC(=O)OC1C2CCC3C(CC1N3C)S2. The summed E-state index contributed by atoms with van der Waals surface area (Å²) >= 11 is 2.06. The molecule has 3 aliphatic rings. The number of fused-ring (bicyclic) bond motifs is 2. The molecule has 3 nitrogen and oxygen atoms in total. The van der Waals surface area contributed by atoms with Crippen LogP contribution in [0.1, 0.15) is 26.2 Å². The molecule has 3 saturated heterocycles. The summed E-state index contributed by atoms with van der Waals surface area (Å²) in [4.78, 5) is 13.6. The van der Waals surface area contributed by atoms with Crippen molar-refractivity contribution in [3.8, 4) is 0 Å². The molecule has 84 valence electrons. The van der Waals surface area contributed by atoms with Crippen molar-refractivity contribution in [2.75, 3.05) is 7.05 Å². The molecule has 5 atom stereocenters. The monoisotopic (exact) mass is 227 g/mol. The Morgan fingerprint density at radius 1 is 1.33 bits per heavy atom. The second-order valence-electron chi connectivity index (χ2n) is 4.90. The van der Waals surface area contributed by atoms with E-state index in [4.69, 9.17) is 4.74 Å². The Morgan fingerprint density at radius 3 is 2.87 bits per heavy atom. The highest BCUT2D eigenvalue weighted by molar-refractivity contribution is 8.00. The molecule has 0 radical (unpaired) electrons. The van der Waals surface area contributed by atoms with Gasteiger partial charge < -0.3 is 4.74 Å². The number of carbonyl (C=O) groups excluding carboxylic acids is 1. The third kappa shape index (κ3) is 1.41. The Kier molecular flexibility index (Phi) is 2.25. The van der Waals surface area contributed by atoms with Gasteiger partial charge in [0.05, 0.1) is 0 Å². The van der Waals surface area contributed by atoms with Gasteiger partial charge in [-0.15, -0.1) is 11.8 Å². The molecule has 3 fully saturated rings. The summed E-state index contributed by atoms with van der Waals surface area (Å²) < 4.78 is 5.52. The maximum Gasteiger partial charge on any atom is 0.302 e. The summed E-state index contributed by atoms with van der Waals surface area (Å²) in [5.41, 5.74) is 0. The van der Waals surface area contributed by atoms with E-state index >= 15 is 0 Å². The highest BCUT2D eigenvalue weighted by atomic mass is 32.2. The van der Waals surface area contributed by atoms with E-state index < -0.39 is 0 Å². The summed E-state index contributed by atoms with van der Waals surface area (Å²) in [6, 6.07) is 1.22. The zero-order valence-corrected chi connectivity index (χ0v) is 10.00. The predicted octanol–water partition coefficient (Wildman–Crippen LogP) is 1.27. The molecular formula is C11H17NO2S. The number of rotatable bonds is 1. The van der Waals surface area contributed by atoms with Crippen molar-refractivity contribution in [2.45, 2.75) is 54.9 Å². The van der Waals surface area contributed by atoms with Crippen molar-refractivity contribution in [3.05, 3.63) is 0 Å². The molecule has 0 spiro atoms. The van der Waals surface area contributed by atoms with Crippen LogP contribution in [0.3, 0.4) is 0 Å². The van der Waals surface area contributed by atoms with Gasteiger partial charge in [-0.1, -0.05) is 0 Å². The van der Waals surface area contributed by atoms with E-state index in [0.29, 0.717) is 11.3 Å². The topological polar surface area (TPSA) is 29.5 Å². The van der Waals surface area contributed by atoms with Crippen molar-refractivity contribution in [1.29, 1.82) is 0 Å². The lowest BCUT2D eigenvalue weighted by atomic mass is 9.96. The molecule has 0 N–H and O–H groups in total. The molecule has 3 heterocycles. The first-order chi connectivity index (χ1) is 7.16. The lowest BCUT2D eigenvalue weighted by Crippen LogP contribution is -2.45. The molecule has 0 saturated carbocycles. The number of nitrogens with zero attached hydrogens (tertiary/aromatic N) is 1. The first-order valence-corrected chi connectivity index (χ1v) is 6.65. The molecule has 4 heteroatoms. The Labute approximate surface area is 94.5 Å². The summed E-state index contributed by atoms with van der Waals surface area (Å²) in [6.07, 6.45) is 3.85. The fourth-order valence-corrected chi connectivity index (χ4v) is 5.37. The van der Waals surface area contributed by atoms with Crippen molar-refractivity contribution < 1.29 is 9.53 Å². The summed E-state index contributed by atoms with van der Waals surface area (Å²) in [5.74, 6) is -0.122.